The van der Waals surface area contributed by atoms with Gasteiger partial charge in [0.1, 0.15) is 11.6 Å². The Balaban J connectivity index is 1.69. The highest BCUT2D eigenvalue weighted by Crippen LogP contribution is 2.18. The molecule has 0 unspecified atom stereocenters. The average Bonchev–Trinajstić information content (AvgIpc) is 2.98. The number of carbonyl (C=O) groups is 1. The van der Waals surface area contributed by atoms with Crippen molar-refractivity contribution in [2.24, 2.45) is 0 Å². The molecule has 0 spiro atoms. The Bertz CT molecular complexity index is 855. The molecule has 5 nitrogen and oxygen atoms in total. The van der Waals surface area contributed by atoms with Gasteiger partial charge in [0.15, 0.2) is 0 Å². The molecule has 0 fully saturated rings. The van der Waals surface area contributed by atoms with E-state index in [9.17, 15) is 4.79 Å². The second kappa shape index (κ2) is 7.17. The number of aromatic nitrogens is 2. The SMILES string of the molecule is CCn1c(CCNC(=O)c2ccccc2OC)nc2ccccc21. The van der Waals surface area contributed by atoms with E-state index in [-0.39, 0.29) is 5.91 Å². The van der Waals surface area contributed by atoms with E-state index < -0.39 is 0 Å². The molecule has 3 aromatic rings. The number of aryl methyl sites for hydroxylation is 1. The van der Waals surface area contributed by atoms with E-state index in [0.29, 0.717) is 24.3 Å². The summed E-state index contributed by atoms with van der Waals surface area (Å²) in [6.45, 7) is 3.49. The predicted octanol–water partition coefficient (Wildman–Crippen LogP) is 3.04. The van der Waals surface area contributed by atoms with E-state index in [1.54, 1.807) is 19.2 Å². The first-order chi connectivity index (χ1) is 11.7. The Hall–Kier alpha value is -2.82. The van der Waals surface area contributed by atoms with Crippen LogP contribution in [-0.2, 0) is 13.0 Å². The van der Waals surface area contributed by atoms with Crippen molar-refractivity contribution < 1.29 is 9.53 Å². The van der Waals surface area contributed by atoms with Crippen molar-refractivity contribution in [2.75, 3.05) is 13.7 Å². The second-order valence-corrected chi connectivity index (χ2v) is 5.47. The maximum absolute atomic E-state index is 12.3. The maximum Gasteiger partial charge on any atom is 0.255 e. The third-order valence-corrected chi connectivity index (χ3v) is 4.04. The lowest BCUT2D eigenvalue weighted by atomic mass is 10.2. The van der Waals surface area contributed by atoms with Crippen LogP contribution >= 0.6 is 0 Å². The zero-order valence-electron chi connectivity index (χ0n) is 14.0. The minimum Gasteiger partial charge on any atom is -0.496 e. The summed E-state index contributed by atoms with van der Waals surface area (Å²) in [5, 5.41) is 2.95. The number of nitrogens with zero attached hydrogens (tertiary/aromatic N) is 2. The van der Waals surface area contributed by atoms with Crippen LogP contribution in [0.4, 0.5) is 0 Å². The van der Waals surface area contributed by atoms with Crippen LogP contribution in [0.3, 0.4) is 0 Å². The molecular formula is C19H21N3O2. The van der Waals surface area contributed by atoms with Crippen molar-refractivity contribution in [3.05, 3.63) is 59.9 Å². The van der Waals surface area contributed by atoms with Crippen LogP contribution in [0.15, 0.2) is 48.5 Å². The number of rotatable bonds is 6. The van der Waals surface area contributed by atoms with Gasteiger partial charge in [0.2, 0.25) is 0 Å². The molecule has 124 valence electrons. The number of hydrogen-bond donors (Lipinski definition) is 1. The first kappa shape index (κ1) is 16.1. The first-order valence-corrected chi connectivity index (χ1v) is 8.10. The Labute approximate surface area is 141 Å². The van der Waals surface area contributed by atoms with Gasteiger partial charge in [-0.1, -0.05) is 24.3 Å². The zero-order chi connectivity index (χ0) is 16.9. The Kier molecular flexibility index (Phi) is 4.79. The van der Waals surface area contributed by atoms with Crippen LogP contribution in [-0.4, -0.2) is 29.1 Å². The van der Waals surface area contributed by atoms with Gasteiger partial charge in [-0.3, -0.25) is 4.79 Å². The molecule has 0 radical (unpaired) electrons. The lowest BCUT2D eigenvalue weighted by Crippen LogP contribution is -2.26. The number of methoxy groups -OCH3 is 1. The van der Waals surface area contributed by atoms with Crippen molar-refractivity contribution >= 4 is 16.9 Å². The molecular weight excluding hydrogens is 302 g/mol. The molecule has 1 heterocycles. The molecule has 3 rings (SSSR count). The summed E-state index contributed by atoms with van der Waals surface area (Å²) in [6.07, 6.45) is 0.684. The summed E-state index contributed by atoms with van der Waals surface area (Å²) in [4.78, 5) is 17.0. The summed E-state index contributed by atoms with van der Waals surface area (Å²) < 4.78 is 7.42. The third-order valence-electron chi connectivity index (χ3n) is 4.04. The molecule has 0 saturated heterocycles. The number of imidazole rings is 1. The van der Waals surface area contributed by atoms with Crippen molar-refractivity contribution in [3.8, 4) is 5.75 Å². The highest BCUT2D eigenvalue weighted by Gasteiger charge is 2.12. The Morgan fingerprint density at radius 2 is 1.92 bits per heavy atom. The van der Waals surface area contributed by atoms with Crippen LogP contribution in [0, 0.1) is 0 Å². The van der Waals surface area contributed by atoms with Gasteiger partial charge in [-0.05, 0) is 31.2 Å². The van der Waals surface area contributed by atoms with E-state index in [4.69, 9.17) is 4.74 Å². The Morgan fingerprint density at radius 1 is 1.17 bits per heavy atom. The molecule has 5 heteroatoms. The molecule has 0 saturated carbocycles. The van der Waals surface area contributed by atoms with E-state index in [1.807, 2.05) is 30.3 Å². The summed E-state index contributed by atoms with van der Waals surface area (Å²) >= 11 is 0. The van der Waals surface area contributed by atoms with Crippen molar-refractivity contribution in [1.82, 2.24) is 14.9 Å². The lowest BCUT2D eigenvalue weighted by molar-refractivity contribution is 0.0951. The zero-order valence-corrected chi connectivity index (χ0v) is 14.0. The van der Waals surface area contributed by atoms with Gasteiger partial charge in [0.25, 0.3) is 5.91 Å². The standard InChI is InChI=1S/C19H21N3O2/c1-3-22-16-10-6-5-9-15(16)21-18(22)12-13-20-19(23)14-8-4-7-11-17(14)24-2/h4-11H,3,12-13H2,1-2H3,(H,20,23). The van der Waals surface area contributed by atoms with E-state index in [1.165, 1.54) is 0 Å². The van der Waals surface area contributed by atoms with Gasteiger partial charge in [-0.2, -0.15) is 0 Å². The first-order valence-electron chi connectivity index (χ1n) is 8.10. The fraction of sp³-hybridized carbons (Fsp3) is 0.263. The van der Waals surface area contributed by atoms with Crippen molar-refractivity contribution in [1.29, 1.82) is 0 Å². The number of carbonyl (C=O) groups excluding carboxylic acids is 1. The quantitative estimate of drug-likeness (QED) is 0.758. The summed E-state index contributed by atoms with van der Waals surface area (Å²) in [5.41, 5.74) is 2.67. The van der Waals surface area contributed by atoms with E-state index in [0.717, 1.165) is 23.4 Å². The van der Waals surface area contributed by atoms with Crippen LogP contribution < -0.4 is 10.1 Å². The second-order valence-electron chi connectivity index (χ2n) is 5.47. The van der Waals surface area contributed by atoms with Gasteiger partial charge in [0.05, 0.1) is 23.7 Å². The monoisotopic (exact) mass is 323 g/mol. The topological polar surface area (TPSA) is 56.2 Å². The molecule has 1 N–H and O–H groups in total. The van der Waals surface area contributed by atoms with Crippen LogP contribution in [0.5, 0.6) is 5.75 Å². The normalized spacial score (nSPS) is 10.8. The fourth-order valence-corrected chi connectivity index (χ4v) is 2.88. The summed E-state index contributed by atoms with van der Waals surface area (Å²) in [7, 11) is 1.57. The van der Waals surface area contributed by atoms with Gasteiger partial charge in [0, 0.05) is 19.5 Å². The number of benzene rings is 2. The summed E-state index contributed by atoms with van der Waals surface area (Å²) in [5.74, 6) is 1.43. The molecule has 24 heavy (non-hydrogen) atoms. The number of hydrogen-bond acceptors (Lipinski definition) is 3. The molecule has 2 aromatic carbocycles. The molecule has 0 aliphatic carbocycles. The highest BCUT2D eigenvalue weighted by atomic mass is 16.5. The van der Waals surface area contributed by atoms with E-state index >= 15 is 0 Å². The molecule has 1 amide bonds. The highest BCUT2D eigenvalue weighted by molar-refractivity contribution is 5.96. The number of ether oxygens (including phenoxy) is 1. The largest absolute Gasteiger partial charge is 0.496 e. The smallest absolute Gasteiger partial charge is 0.255 e. The van der Waals surface area contributed by atoms with Gasteiger partial charge in [-0.25, -0.2) is 4.98 Å². The van der Waals surface area contributed by atoms with E-state index in [2.05, 4.69) is 27.9 Å². The maximum atomic E-state index is 12.3. The molecule has 0 aliphatic heterocycles. The Morgan fingerprint density at radius 3 is 2.71 bits per heavy atom. The minimum atomic E-state index is -0.133. The van der Waals surface area contributed by atoms with Crippen LogP contribution in [0.1, 0.15) is 23.1 Å². The number of amides is 1. The number of fused-ring (bicyclic) bond motifs is 1. The molecule has 0 atom stereocenters. The molecule has 0 bridgehead atoms. The third kappa shape index (κ3) is 3.11. The number of nitrogens with one attached hydrogen (secondary N) is 1. The minimum absolute atomic E-state index is 0.133. The van der Waals surface area contributed by atoms with Crippen molar-refractivity contribution in [3.63, 3.8) is 0 Å². The van der Waals surface area contributed by atoms with Gasteiger partial charge in [-0.15, -0.1) is 0 Å². The van der Waals surface area contributed by atoms with Crippen LogP contribution in [0.2, 0.25) is 0 Å². The van der Waals surface area contributed by atoms with Crippen LogP contribution in [0.25, 0.3) is 11.0 Å². The predicted molar refractivity (Wildman–Crippen MR) is 94.4 cm³/mol. The van der Waals surface area contributed by atoms with Crippen molar-refractivity contribution in [2.45, 2.75) is 19.9 Å². The van der Waals surface area contributed by atoms with Gasteiger partial charge < -0.3 is 14.6 Å². The molecule has 1 aromatic heterocycles. The fourth-order valence-electron chi connectivity index (χ4n) is 2.88. The lowest BCUT2D eigenvalue weighted by Gasteiger charge is -2.10. The number of para-hydroxylation sites is 3. The average molecular weight is 323 g/mol. The molecule has 0 aliphatic rings. The van der Waals surface area contributed by atoms with Gasteiger partial charge >= 0.3 is 0 Å². The summed E-state index contributed by atoms with van der Waals surface area (Å²) in [6, 6.07) is 15.3.